The van der Waals surface area contributed by atoms with E-state index in [0.29, 0.717) is 5.41 Å². The molecule has 0 fully saturated rings. The molecule has 0 aliphatic rings. The Hall–Kier alpha value is -2.08. The fraction of sp³-hybridized carbons (Fsp3) is 0.600. The molecule has 0 heteroatoms. The lowest BCUT2D eigenvalue weighted by Gasteiger charge is -2.19. The maximum absolute atomic E-state index is 2.40. The van der Waals surface area contributed by atoms with Gasteiger partial charge >= 0.3 is 0 Å². The first-order valence-corrected chi connectivity index (χ1v) is 16.5. The number of hydrogen-bond acceptors (Lipinski definition) is 0. The van der Waals surface area contributed by atoms with Gasteiger partial charge in [-0.15, -0.1) is 0 Å². The summed E-state index contributed by atoms with van der Waals surface area (Å²) in [7, 11) is 0. The van der Waals surface area contributed by atoms with E-state index in [1.807, 2.05) is 13.8 Å². The Bertz CT molecular complexity index is 989. The van der Waals surface area contributed by atoms with Crippen molar-refractivity contribution in [2.45, 2.75) is 155 Å². The summed E-state index contributed by atoms with van der Waals surface area (Å²) in [6.45, 7) is 33.1. The van der Waals surface area contributed by atoms with Gasteiger partial charge in [0.05, 0.1) is 0 Å². The molecule has 0 spiro atoms. The predicted molar refractivity (Wildman–Crippen MR) is 189 cm³/mol. The molecule has 0 radical (unpaired) electrons. The molecule has 0 aliphatic heterocycles. The van der Waals surface area contributed by atoms with Crippen molar-refractivity contribution in [3.63, 3.8) is 0 Å². The van der Waals surface area contributed by atoms with Gasteiger partial charge < -0.3 is 0 Å². The van der Waals surface area contributed by atoms with Gasteiger partial charge in [-0.25, -0.2) is 0 Å². The zero-order valence-electron chi connectivity index (χ0n) is 29.7. The number of allylic oxidation sites excluding steroid dienone is 4. The summed E-state index contributed by atoms with van der Waals surface area (Å²) < 4.78 is 0. The number of aryl methyl sites for hydroxylation is 3. The number of unbranched alkanes of at least 4 members (excludes halogenated alkanes) is 2. The average Bonchev–Trinajstić information content (AvgIpc) is 2.93. The van der Waals surface area contributed by atoms with Crippen molar-refractivity contribution in [1.82, 2.24) is 0 Å². The highest BCUT2D eigenvalue weighted by Crippen LogP contribution is 2.34. The van der Waals surface area contributed by atoms with Gasteiger partial charge in [0.1, 0.15) is 0 Å². The van der Waals surface area contributed by atoms with Crippen LogP contribution in [0.4, 0.5) is 0 Å². The molecule has 2 aromatic rings. The second-order valence-electron chi connectivity index (χ2n) is 11.8. The van der Waals surface area contributed by atoms with E-state index in [4.69, 9.17) is 0 Å². The van der Waals surface area contributed by atoms with Gasteiger partial charge in [-0.05, 0) is 109 Å². The van der Waals surface area contributed by atoms with Crippen LogP contribution in [0, 0.1) is 19.3 Å². The van der Waals surface area contributed by atoms with Gasteiger partial charge in [-0.1, -0.05) is 144 Å². The van der Waals surface area contributed by atoms with E-state index in [-0.39, 0.29) is 0 Å². The zero-order chi connectivity index (χ0) is 31.3. The van der Waals surface area contributed by atoms with E-state index in [1.54, 1.807) is 0 Å². The Morgan fingerprint density at radius 3 is 1.73 bits per heavy atom. The van der Waals surface area contributed by atoms with Crippen LogP contribution < -0.4 is 0 Å². The molecule has 0 aliphatic carbocycles. The van der Waals surface area contributed by atoms with E-state index in [9.17, 15) is 0 Å². The third-order valence-corrected chi connectivity index (χ3v) is 7.41. The molecule has 0 atom stereocenters. The molecule has 0 heterocycles. The van der Waals surface area contributed by atoms with Crippen molar-refractivity contribution in [1.29, 1.82) is 0 Å². The highest BCUT2D eigenvalue weighted by Gasteiger charge is 2.13. The Labute approximate surface area is 252 Å². The molecule has 0 saturated heterocycles. The first-order valence-electron chi connectivity index (χ1n) is 16.5. The second-order valence-corrected chi connectivity index (χ2v) is 11.8. The van der Waals surface area contributed by atoms with Crippen molar-refractivity contribution in [2.24, 2.45) is 5.41 Å². The molecule has 40 heavy (non-hydrogen) atoms. The van der Waals surface area contributed by atoms with E-state index in [1.165, 1.54) is 82.2 Å². The summed E-state index contributed by atoms with van der Waals surface area (Å²) in [6, 6.07) is 13.7. The van der Waals surface area contributed by atoms with Crippen molar-refractivity contribution >= 4 is 11.1 Å². The monoisotopic (exact) mass is 549 g/mol. The molecular formula is C40H68. The lowest BCUT2D eigenvalue weighted by Crippen LogP contribution is -2.02. The van der Waals surface area contributed by atoms with Crippen LogP contribution in [0.25, 0.3) is 11.1 Å². The topological polar surface area (TPSA) is 0 Å². The van der Waals surface area contributed by atoms with Gasteiger partial charge in [0, 0.05) is 0 Å². The highest BCUT2D eigenvalue weighted by molar-refractivity contribution is 5.89. The number of benzene rings is 2. The van der Waals surface area contributed by atoms with Crippen LogP contribution in [0.5, 0.6) is 0 Å². The Kier molecular flexibility index (Phi) is 22.6. The number of rotatable bonds is 9. The fourth-order valence-corrected chi connectivity index (χ4v) is 5.07. The normalized spacial score (nSPS) is 11.7. The minimum atomic E-state index is 0.550. The summed E-state index contributed by atoms with van der Waals surface area (Å²) in [6.07, 6.45) is 12.2. The lowest BCUT2D eigenvalue weighted by molar-refractivity contribution is 0.373. The van der Waals surface area contributed by atoms with Crippen molar-refractivity contribution in [3.8, 4) is 0 Å². The highest BCUT2D eigenvalue weighted by atomic mass is 14.2. The molecule has 2 rings (SSSR count). The largest absolute Gasteiger partial charge is 0.0795 e. The van der Waals surface area contributed by atoms with Crippen LogP contribution in [0.2, 0.25) is 0 Å². The molecule has 0 amide bonds. The van der Waals surface area contributed by atoms with Crippen LogP contribution in [0.1, 0.15) is 162 Å². The molecule has 0 unspecified atom stereocenters. The van der Waals surface area contributed by atoms with E-state index in [0.717, 1.165) is 19.3 Å². The van der Waals surface area contributed by atoms with Gasteiger partial charge in [0.15, 0.2) is 0 Å². The molecular weight excluding hydrogens is 480 g/mol. The summed E-state index contributed by atoms with van der Waals surface area (Å²) in [4.78, 5) is 0. The quantitative estimate of drug-likeness (QED) is 0.273. The third-order valence-electron chi connectivity index (χ3n) is 7.41. The van der Waals surface area contributed by atoms with Crippen LogP contribution in [0.15, 0.2) is 48.0 Å². The molecule has 0 bridgehead atoms. The van der Waals surface area contributed by atoms with Gasteiger partial charge in [0.25, 0.3) is 0 Å². The first kappa shape index (κ1) is 40.1. The first-order chi connectivity index (χ1) is 19.0. The van der Waals surface area contributed by atoms with Gasteiger partial charge in [-0.3, -0.25) is 0 Å². The smallest absolute Gasteiger partial charge is 0.0182 e. The molecule has 0 nitrogen and oxygen atoms in total. The summed E-state index contributed by atoms with van der Waals surface area (Å²) in [5.41, 5.74) is 13.2. The van der Waals surface area contributed by atoms with Crippen LogP contribution in [0.3, 0.4) is 0 Å². The van der Waals surface area contributed by atoms with Crippen molar-refractivity contribution in [3.05, 3.63) is 81.4 Å². The van der Waals surface area contributed by atoms with Crippen LogP contribution >= 0.6 is 0 Å². The van der Waals surface area contributed by atoms with Crippen LogP contribution in [-0.2, 0) is 12.8 Å². The van der Waals surface area contributed by atoms with E-state index >= 15 is 0 Å². The molecule has 0 N–H and O–H groups in total. The van der Waals surface area contributed by atoms with E-state index < -0.39 is 0 Å². The number of hydrogen-bond donors (Lipinski definition) is 0. The average molecular weight is 549 g/mol. The summed E-state index contributed by atoms with van der Waals surface area (Å²) in [5.74, 6) is 0. The minimum absolute atomic E-state index is 0.550. The van der Waals surface area contributed by atoms with Crippen molar-refractivity contribution < 1.29 is 0 Å². The molecule has 228 valence electrons. The Morgan fingerprint density at radius 1 is 0.775 bits per heavy atom. The summed E-state index contributed by atoms with van der Waals surface area (Å²) >= 11 is 0. The lowest BCUT2D eigenvalue weighted by atomic mass is 9.86. The van der Waals surface area contributed by atoms with Crippen molar-refractivity contribution in [2.75, 3.05) is 0 Å². The standard InChI is InChI=1S/C26H34.C7H16.C5H12.C2H6/c1-8-21-15-16-23(17-22(21)9-2)24(10-3)20(7)25(11-4)26-14-12-13-18(5)19(26)6;1-5-6-7(2,3)4;1-3-5-4-2;1-2/h10,12-17H,8-9,11H2,1-7H3;5-6H2,1-4H3;3-5H2,1-2H3;1-2H3/b24-10+,25-20+;;;. The maximum Gasteiger partial charge on any atom is -0.0182 e. The minimum Gasteiger partial charge on any atom is -0.0795 e. The van der Waals surface area contributed by atoms with Gasteiger partial charge in [0.2, 0.25) is 0 Å². The fourth-order valence-electron chi connectivity index (χ4n) is 5.07. The summed E-state index contributed by atoms with van der Waals surface area (Å²) in [5, 5.41) is 0. The van der Waals surface area contributed by atoms with Gasteiger partial charge in [-0.2, -0.15) is 0 Å². The Balaban J connectivity index is 0. The Morgan fingerprint density at radius 2 is 1.35 bits per heavy atom. The zero-order valence-corrected chi connectivity index (χ0v) is 29.7. The SMILES string of the molecule is C/C=C(\C(C)=C(/CC)c1cccc(C)c1C)c1ccc(CC)c(CC)c1.CC.CCCC(C)(C)C.CCCCC. The second kappa shape index (κ2) is 22.6. The maximum atomic E-state index is 2.40. The third kappa shape index (κ3) is 14.5. The molecule has 0 saturated carbocycles. The van der Waals surface area contributed by atoms with E-state index in [2.05, 4.69) is 132 Å². The van der Waals surface area contributed by atoms with Crippen LogP contribution in [-0.4, -0.2) is 0 Å². The predicted octanol–water partition coefficient (Wildman–Crippen LogP) is 13.8. The molecule has 0 aromatic heterocycles. The molecule has 2 aromatic carbocycles.